The summed E-state index contributed by atoms with van der Waals surface area (Å²) in [6.07, 6.45) is 0. The minimum atomic E-state index is -0.224. The van der Waals surface area contributed by atoms with Crippen LogP contribution >= 0.6 is 0 Å². The molecule has 0 aliphatic carbocycles. The Hall–Kier alpha value is -2.48. The molecule has 1 aromatic carbocycles. The molecule has 2 rings (SSSR count). The second-order valence-corrected chi connectivity index (χ2v) is 4.20. The zero-order valence-electron chi connectivity index (χ0n) is 11.3. The topological polar surface area (TPSA) is 64.2 Å². The molecular formula is C14H14N2O3. The van der Waals surface area contributed by atoms with E-state index in [-0.39, 0.29) is 5.56 Å². The lowest BCUT2D eigenvalue weighted by atomic mass is 10.0. The van der Waals surface area contributed by atoms with Gasteiger partial charge in [0.05, 0.1) is 19.6 Å². The fraction of sp³-hybridized carbons (Fsp3) is 0.286. The van der Waals surface area contributed by atoms with E-state index in [0.29, 0.717) is 28.0 Å². The molecule has 0 aliphatic heterocycles. The maximum atomic E-state index is 12.2. The largest absolute Gasteiger partial charge is 0.493 e. The van der Waals surface area contributed by atoms with E-state index in [1.165, 1.54) is 18.8 Å². The Balaban J connectivity index is 3.01. The summed E-state index contributed by atoms with van der Waals surface area (Å²) >= 11 is 0. The van der Waals surface area contributed by atoms with Crippen molar-refractivity contribution in [1.29, 1.82) is 5.26 Å². The van der Waals surface area contributed by atoms with Gasteiger partial charge in [0.15, 0.2) is 11.5 Å². The molecule has 1 aromatic heterocycles. The van der Waals surface area contributed by atoms with Gasteiger partial charge in [0, 0.05) is 7.05 Å². The van der Waals surface area contributed by atoms with Gasteiger partial charge in [-0.2, -0.15) is 5.26 Å². The summed E-state index contributed by atoms with van der Waals surface area (Å²) in [5.74, 6) is 1.03. The van der Waals surface area contributed by atoms with Crippen LogP contribution in [-0.4, -0.2) is 18.8 Å². The Morgan fingerprint density at radius 3 is 2.16 bits per heavy atom. The van der Waals surface area contributed by atoms with Crippen molar-refractivity contribution in [3.8, 4) is 17.6 Å². The van der Waals surface area contributed by atoms with Gasteiger partial charge in [-0.05, 0) is 30.0 Å². The van der Waals surface area contributed by atoms with Gasteiger partial charge in [0.25, 0.3) is 5.56 Å². The van der Waals surface area contributed by atoms with E-state index in [1.807, 2.05) is 6.92 Å². The molecule has 2 aromatic rings. The van der Waals surface area contributed by atoms with Crippen LogP contribution in [0.4, 0.5) is 0 Å². The Kier molecular flexibility index (Phi) is 3.17. The zero-order valence-corrected chi connectivity index (χ0v) is 11.3. The van der Waals surface area contributed by atoms with Gasteiger partial charge in [-0.3, -0.25) is 4.79 Å². The van der Waals surface area contributed by atoms with Crippen LogP contribution in [-0.2, 0) is 7.05 Å². The van der Waals surface area contributed by atoms with E-state index in [4.69, 9.17) is 14.7 Å². The summed E-state index contributed by atoms with van der Waals surface area (Å²) in [4.78, 5) is 12.2. The Bertz CT molecular complexity index is 754. The maximum absolute atomic E-state index is 12.2. The van der Waals surface area contributed by atoms with Crippen LogP contribution in [0.3, 0.4) is 0 Å². The number of nitriles is 1. The minimum Gasteiger partial charge on any atom is -0.493 e. The standard InChI is InChI=1S/C14H14N2O3/c1-8-9-5-12(18-3)13(19-4)6-10(9)14(17)16(2)11(8)7-15/h5-6H,1-4H3. The van der Waals surface area contributed by atoms with Crippen LogP contribution in [0.15, 0.2) is 16.9 Å². The smallest absolute Gasteiger partial charge is 0.259 e. The minimum absolute atomic E-state index is 0.224. The number of benzene rings is 1. The van der Waals surface area contributed by atoms with Crippen molar-refractivity contribution in [3.05, 3.63) is 33.7 Å². The number of ether oxygens (including phenoxy) is 2. The molecule has 0 fully saturated rings. The van der Waals surface area contributed by atoms with Crippen molar-refractivity contribution in [2.24, 2.45) is 7.05 Å². The third-order valence-corrected chi connectivity index (χ3v) is 3.26. The highest BCUT2D eigenvalue weighted by Gasteiger charge is 2.15. The molecule has 5 nitrogen and oxygen atoms in total. The SMILES string of the molecule is COc1cc2c(C)c(C#N)n(C)c(=O)c2cc1OC. The molecule has 19 heavy (non-hydrogen) atoms. The molecule has 0 atom stereocenters. The van der Waals surface area contributed by atoms with Crippen molar-refractivity contribution in [2.75, 3.05) is 14.2 Å². The molecule has 98 valence electrons. The zero-order chi connectivity index (χ0) is 14.2. The number of pyridine rings is 1. The molecule has 0 amide bonds. The first-order valence-corrected chi connectivity index (χ1v) is 5.70. The lowest BCUT2D eigenvalue weighted by molar-refractivity contribution is 0.356. The van der Waals surface area contributed by atoms with Gasteiger partial charge < -0.3 is 14.0 Å². The third-order valence-electron chi connectivity index (χ3n) is 3.26. The molecule has 0 N–H and O–H groups in total. The number of aromatic nitrogens is 1. The van der Waals surface area contributed by atoms with Crippen LogP contribution < -0.4 is 15.0 Å². The highest BCUT2D eigenvalue weighted by Crippen LogP contribution is 2.32. The van der Waals surface area contributed by atoms with E-state index >= 15 is 0 Å². The average Bonchev–Trinajstić information content (AvgIpc) is 2.44. The highest BCUT2D eigenvalue weighted by molar-refractivity contribution is 5.89. The van der Waals surface area contributed by atoms with E-state index in [1.54, 1.807) is 19.2 Å². The van der Waals surface area contributed by atoms with Crippen LogP contribution in [0.1, 0.15) is 11.3 Å². The number of rotatable bonds is 2. The van der Waals surface area contributed by atoms with E-state index in [2.05, 4.69) is 6.07 Å². The quantitative estimate of drug-likeness (QED) is 0.823. The van der Waals surface area contributed by atoms with Crippen molar-refractivity contribution in [3.63, 3.8) is 0 Å². The molecule has 0 aliphatic rings. The number of methoxy groups -OCH3 is 2. The fourth-order valence-electron chi connectivity index (χ4n) is 2.19. The van der Waals surface area contributed by atoms with Crippen molar-refractivity contribution < 1.29 is 9.47 Å². The molecule has 0 bridgehead atoms. The Morgan fingerprint density at radius 2 is 1.68 bits per heavy atom. The number of aryl methyl sites for hydroxylation is 1. The van der Waals surface area contributed by atoms with Gasteiger partial charge in [0.2, 0.25) is 0 Å². The summed E-state index contributed by atoms with van der Waals surface area (Å²) < 4.78 is 11.8. The molecule has 0 saturated carbocycles. The molecule has 1 heterocycles. The summed E-state index contributed by atoms with van der Waals surface area (Å²) in [6, 6.07) is 5.42. The van der Waals surface area contributed by atoms with Gasteiger partial charge in [-0.15, -0.1) is 0 Å². The Labute approximate surface area is 110 Å². The normalized spacial score (nSPS) is 10.3. The summed E-state index contributed by atoms with van der Waals surface area (Å²) in [7, 11) is 4.64. The second-order valence-electron chi connectivity index (χ2n) is 4.20. The van der Waals surface area contributed by atoms with Gasteiger partial charge in [-0.25, -0.2) is 0 Å². The van der Waals surface area contributed by atoms with Crippen molar-refractivity contribution in [1.82, 2.24) is 4.57 Å². The van der Waals surface area contributed by atoms with E-state index < -0.39 is 0 Å². The van der Waals surface area contributed by atoms with E-state index in [9.17, 15) is 4.79 Å². The first-order chi connectivity index (χ1) is 9.04. The van der Waals surface area contributed by atoms with Gasteiger partial charge in [-0.1, -0.05) is 0 Å². The molecule has 0 saturated heterocycles. The molecule has 0 radical (unpaired) electrons. The predicted molar refractivity (Wildman–Crippen MR) is 71.7 cm³/mol. The number of hydrogen-bond donors (Lipinski definition) is 0. The number of hydrogen-bond acceptors (Lipinski definition) is 4. The third kappa shape index (κ3) is 1.82. The van der Waals surface area contributed by atoms with Crippen LogP contribution in [0.25, 0.3) is 10.8 Å². The number of fused-ring (bicyclic) bond motifs is 1. The fourth-order valence-corrected chi connectivity index (χ4v) is 2.19. The maximum Gasteiger partial charge on any atom is 0.259 e. The van der Waals surface area contributed by atoms with Crippen LogP contribution in [0, 0.1) is 18.3 Å². The molecule has 0 spiro atoms. The van der Waals surface area contributed by atoms with E-state index in [0.717, 1.165) is 5.56 Å². The first kappa shape index (κ1) is 13.0. The second kappa shape index (κ2) is 4.65. The summed E-state index contributed by atoms with van der Waals surface area (Å²) in [5.41, 5.74) is 0.878. The monoisotopic (exact) mass is 258 g/mol. The average molecular weight is 258 g/mol. The molecule has 5 heteroatoms. The summed E-state index contributed by atoms with van der Waals surface area (Å²) in [5, 5.41) is 10.4. The lowest BCUT2D eigenvalue weighted by Crippen LogP contribution is -2.21. The lowest BCUT2D eigenvalue weighted by Gasteiger charge is -2.13. The van der Waals surface area contributed by atoms with Crippen LogP contribution in [0.2, 0.25) is 0 Å². The van der Waals surface area contributed by atoms with Crippen LogP contribution in [0.5, 0.6) is 11.5 Å². The van der Waals surface area contributed by atoms with Gasteiger partial charge in [0.1, 0.15) is 11.8 Å². The van der Waals surface area contributed by atoms with Crippen molar-refractivity contribution in [2.45, 2.75) is 6.92 Å². The Morgan fingerprint density at radius 1 is 1.16 bits per heavy atom. The molecular weight excluding hydrogens is 244 g/mol. The molecule has 0 unspecified atom stereocenters. The first-order valence-electron chi connectivity index (χ1n) is 5.70. The predicted octanol–water partition coefficient (Wildman–Crippen LogP) is 1.74. The summed E-state index contributed by atoms with van der Waals surface area (Å²) in [6.45, 7) is 1.81. The highest BCUT2D eigenvalue weighted by atomic mass is 16.5. The van der Waals surface area contributed by atoms with Gasteiger partial charge >= 0.3 is 0 Å². The number of nitrogens with zero attached hydrogens (tertiary/aromatic N) is 2. The van der Waals surface area contributed by atoms with Crippen molar-refractivity contribution >= 4 is 10.8 Å².